The van der Waals surface area contributed by atoms with Crippen LogP contribution in [0.3, 0.4) is 0 Å². The van der Waals surface area contributed by atoms with Gasteiger partial charge < -0.3 is 10.1 Å². The first-order valence-electron chi connectivity index (χ1n) is 12.9. The lowest BCUT2D eigenvalue weighted by Crippen LogP contribution is -2.48. The Hall–Kier alpha value is -4.38. The number of alkyl halides is 6. The number of halogens is 9. The van der Waals surface area contributed by atoms with Crippen molar-refractivity contribution in [3.8, 4) is 16.9 Å². The van der Waals surface area contributed by atoms with E-state index in [0.29, 0.717) is 22.5 Å². The molecule has 0 saturated heterocycles. The predicted octanol–water partition coefficient (Wildman–Crippen LogP) is 6.44. The largest absolute Gasteiger partial charge is 0.484 e. The molecule has 18 heteroatoms. The van der Waals surface area contributed by atoms with Gasteiger partial charge in [-0.25, -0.2) is 17.2 Å². The summed E-state index contributed by atoms with van der Waals surface area (Å²) < 4.78 is 144. The molecule has 46 heavy (non-hydrogen) atoms. The van der Waals surface area contributed by atoms with E-state index in [1.54, 1.807) is 0 Å². The Kier molecular flexibility index (Phi) is 8.44. The van der Waals surface area contributed by atoms with Crippen LogP contribution >= 0.6 is 11.6 Å². The Morgan fingerprint density at radius 3 is 2.43 bits per heavy atom. The van der Waals surface area contributed by atoms with E-state index in [-0.39, 0.29) is 22.6 Å². The van der Waals surface area contributed by atoms with Crippen molar-refractivity contribution < 1.29 is 53.1 Å². The normalized spacial score (nSPS) is 15.3. The number of aromatic nitrogens is 2. The van der Waals surface area contributed by atoms with Gasteiger partial charge in [-0.05, 0) is 42.0 Å². The maximum Gasteiger partial charge on any atom is 0.435 e. The van der Waals surface area contributed by atoms with Crippen molar-refractivity contribution in [3.63, 3.8) is 0 Å². The summed E-state index contributed by atoms with van der Waals surface area (Å²) in [5, 5.41) is 4.99. The van der Waals surface area contributed by atoms with E-state index < -0.39 is 85.8 Å². The lowest BCUT2D eigenvalue weighted by Gasteiger charge is -2.36. The number of carbonyl (C=O) groups is 1. The first-order chi connectivity index (χ1) is 21.4. The number of anilines is 1. The molecule has 1 amide bonds. The summed E-state index contributed by atoms with van der Waals surface area (Å²) in [6, 6.07) is 7.90. The zero-order valence-corrected chi connectivity index (χ0v) is 24.6. The summed E-state index contributed by atoms with van der Waals surface area (Å²) in [4.78, 5) is 11.9. The molecule has 2 heterocycles. The molecule has 1 aliphatic rings. The lowest BCUT2D eigenvalue weighted by atomic mass is 10.0. The molecular weight excluding hydrogens is 676 g/mol. The van der Waals surface area contributed by atoms with E-state index in [0.717, 1.165) is 35.1 Å². The molecule has 0 bridgehead atoms. The number of carbonyl (C=O) groups excluding carboxylic acids is 1. The highest BCUT2D eigenvalue weighted by molar-refractivity contribution is 7.92. The molecule has 0 saturated carbocycles. The zero-order valence-electron chi connectivity index (χ0n) is 23.0. The average molecular weight is 695 g/mol. The van der Waals surface area contributed by atoms with Crippen molar-refractivity contribution in [1.82, 2.24) is 15.1 Å². The van der Waals surface area contributed by atoms with Crippen LogP contribution in [0.5, 0.6) is 5.75 Å². The van der Waals surface area contributed by atoms with Crippen LogP contribution in [0.4, 0.5) is 40.8 Å². The van der Waals surface area contributed by atoms with Crippen LogP contribution in [-0.2, 0) is 29.4 Å². The van der Waals surface area contributed by atoms with Gasteiger partial charge in [-0.15, -0.1) is 0 Å². The van der Waals surface area contributed by atoms with Gasteiger partial charge in [0.1, 0.15) is 23.5 Å². The molecule has 1 aromatic heterocycles. The quantitative estimate of drug-likeness (QED) is 0.185. The lowest BCUT2D eigenvalue weighted by molar-refractivity contribution is -0.141. The standard InChI is InChI=1S/C28H19ClF8N4O4S/c1-40-13-20(25(39-40)28(35,36)37)26(42)38-11-17-12-41(46(43,44)18-4-2-3-15(8-18)27(32,33)34)22-7-14(5-6-23(22)45-17)19-9-16(30)10-21(31)24(19)29/h2-10,13,17H,11-12H2,1H3,(H,38,42)/t17-/m0/s1. The number of nitrogens with zero attached hydrogens (tertiary/aromatic N) is 3. The molecule has 8 nitrogen and oxygen atoms in total. The minimum atomic E-state index is -4.96. The van der Waals surface area contributed by atoms with Gasteiger partial charge in [0.05, 0.1) is 39.8 Å². The molecule has 244 valence electrons. The minimum Gasteiger partial charge on any atom is -0.484 e. The second kappa shape index (κ2) is 11.8. The molecule has 1 aliphatic heterocycles. The number of amides is 1. The highest BCUT2D eigenvalue weighted by Gasteiger charge is 2.40. The number of aryl methyl sites for hydroxylation is 1. The Labute approximate surface area is 260 Å². The number of benzene rings is 3. The van der Waals surface area contributed by atoms with Crippen molar-refractivity contribution in [2.24, 2.45) is 7.05 Å². The van der Waals surface area contributed by atoms with Crippen LogP contribution < -0.4 is 14.4 Å². The SMILES string of the molecule is Cn1cc(C(=O)NC[C@H]2CN(S(=O)(=O)c3cccc(C(F)(F)F)c3)c3cc(-c4cc(F)cc(F)c4Cl)ccc3O2)c(C(F)(F)F)n1. The number of sulfonamides is 1. The summed E-state index contributed by atoms with van der Waals surface area (Å²) in [5.41, 5.74) is -3.97. The van der Waals surface area contributed by atoms with E-state index in [1.165, 1.54) is 19.2 Å². The number of fused-ring (bicyclic) bond motifs is 1. The number of hydrogen-bond acceptors (Lipinski definition) is 5. The van der Waals surface area contributed by atoms with E-state index >= 15 is 0 Å². The summed E-state index contributed by atoms with van der Waals surface area (Å²) in [6.07, 6.45) is -10.3. The van der Waals surface area contributed by atoms with Crippen molar-refractivity contribution in [3.05, 3.63) is 94.3 Å². The fourth-order valence-electron chi connectivity index (χ4n) is 4.71. The van der Waals surface area contributed by atoms with E-state index in [2.05, 4.69) is 10.4 Å². The Morgan fingerprint density at radius 2 is 1.76 bits per heavy atom. The second-order valence-corrected chi connectivity index (χ2v) is 12.2. The van der Waals surface area contributed by atoms with Gasteiger partial charge in [0, 0.05) is 24.9 Å². The molecule has 0 radical (unpaired) electrons. The van der Waals surface area contributed by atoms with E-state index in [4.69, 9.17) is 16.3 Å². The smallest absolute Gasteiger partial charge is 0.435 e. The molecule has 3 aromatic carbocycles. The highest BCUT2D eigenvalue weighted by atomic mass is 35.5. The fourth-order valence-corrected chi connectivity index (χ4v) is 6.47. The number of nitrogens with one attached hydrogen (secondary N) is 1. The first kappa shape index (κ1) is 33.0. The Bertz CT molecular complexity index is 1950. The molecule has 0 unspecified atom stereocenters. The van der Waals surface area contributed by atoms with Gasteiger partial charge in [0.2, 0.25) is 0 Å². The van der Waals surface area contributed by atoms with Crippen molar-refractivity contribution in [2.75, 3.05) is 17.4 Å². The van der Waals surface area contributed by atoms with Gasteiger partial charge in [0.15, 0.2) is 5.69 Å². The number of rotatable bonds is 6. The second-order valence-electron chi connectivity index (χ2n) is 10.0. The third kappa shape index (κ3) is 6.46. The molecular formula is C28H19ClF8N4O4S. The summed E-state index contributed by atoms with van der Waals surface area (Å²) >= 11 is 6.02. The van der Waals surface area contributed by atoms with Gasteiger partial charge in [-0.1, -0.05) is 23.7 Å². The van der Waals surface area contributed by atoms with Crippen LogP contribution in [0.1, 0.15) is 21.6 Å². The molecule has 1 N–H and O–H groups in total. The van der Waals surface area contributed by atoms with Crippen molar-refractivity contribution in [2.45, 2.75) is 23.4 Å². The highest BCUT2D eigenvalue weighted by Crippen LogP contribution is 2.42. The monoisotopic (exact) mass is 694 g/mol. The van der Waals surface area contributed by atoms with Crippen molar-refractivity contribution >= 4 is 33.2 Å². The topological polar surface area (TPSA) is 93.5 Å². The van der Waals surface area contributed by atoms with Crippen LogP contribution in [-0.4, -0.2) is 43.3 Å². The summed E-state index contributed by atoms with van der Waals surface area (Å²) in [6.45, 7) is -1.21. The Balaban J connectivity index is 1.54. The summed E-state index contributed by atoms with van der Waals surface area (Å²) in [5.74, 6) is -3.51. The van der Waals surface area contributed by atoms with Gasteiger partial charge in [0.25, 0.3) is 15.9 Å². The summed E-state index contributed by atoms with van der Waals surface area (Å²) in [7, 11) is -3.66. The fraction of sp³-hybridized carbons (Fsp3) is 0.214. The van der Waals surface area contributed by atoms with Gasteiger partial charge in [-0.2, -0.15) is 31.4 Å². The molecule has 1 atom stereocenters. The third-order valence-electron chi connectivity index (χ3n) is 6.78. The van der Waals surface area contributed by atoms with Crippen LogP contribution in [0.2, 0.25) is 5.02 Å². The maximum absolute atomic E-state index is 14.2. The van der Waals surface area contributed by atoms with Crippen molar-refractivity contribution in [1.29, 1.82) is 0 Å². The minimum absolute atomic E-state index is 0.0120. The average Bonchev–Trinajstić information content (AvgIpc) is 3.39. The maximum atomic E-state index is 14.2. The molecule has 0 spiro atoms. The van der Waals surface area contributed by atoms with E-state index in [1.807, 2.05) is 0 Å². The molecule has 5 rings (SSSR count). The predicted molar refractivity (Wildman–Crippen MR) is 148 cm³/mol. The molecule has 4 aromatic rings. The van der Waals surface area contributed by atoms with E-state index in [9.17, 15) is 48.3 Å². The van der Waals surface area contributed by atoms with Crippen LogP contribution in [0.25, 0.3) is 11.1 Å². The number of hydrogen-bond donors (Lipinski definition) is 1. The Morgan fingerprint density at radius 1 is 1.04 bits per heavy atom. The third-order valence-corrected chi connectivity index (χ3v) is 8.94. The van der Waals surface area contributed by atoms with Crippen LogP contribution in [0, 0.1) is 11.6 Å². The molecule has 0 fully saturated rings. The molecule has 0 aliphatic carbocycles. The number of ether oxygens (including phenoxy) is 1. The van der Waals surface area contributed by atoms with Gasteiger partial charge >= 0.3 is 12.4 Å². The zero-order chi connectivity index (χ0) is 33.8. The van der Waals surface area contributed by atoms with Crippen LogP contribution in [0.15, 0.2) is 65.7 Å². The first-order valence-corrected chi connectivity index (χ1v) is 14.7. The van der Waals surface area contributed by atoms with Gasteiger partial charge in [-0.3, -0.25) is 13.8 Å².